The topological polar surface area (TPSA) is 35.2 Å². The van der Waals surface area contributed by atoms with Crippen molar-refractivity contribution in [2.24, 2.45) is 5.73 Å². The maximum atomic E-state index is 6.20. The van der Waals surface area contributed by atoms with Crippen LogP contribution in [0.15, 0.2) is 53.0 Å². The standard InChI is InChI=1S/C15H16BrNO/c1-18-14-8-4-12(5-9-14)15(17)10-11-2-6-13(16)7-3-11/h2-9,15H,10,17H2,1H3/t15-/m1/s1. The van der Waals surface area contributed by atoms with Crippen molar-refractivity contribution in [3.8, 4) is 5.75 Å². The zero-order chi connectivity index (χ0) is 13.0. The Morgan fingerprint density at radius 2 is 1.67 bits per heavy atom. The minimum absolute atomic E-state index is 0.0112. The summed E-state index contributed by atoms with van der Waals surface area (Å²) in [6, 6.07) is 16.2. The number of rotatable bonds is 4. The third kappa shape index (κ3) is 3.34. The second-order valence-electron chi connectivity index (χ2n) is 4.21. The fraction of sp³-hybridized carbons (Fsp3) is 0.200. The Labute approximate surface area is 116 Å². The molecule has 2 N–H and O–H groups in total. The average molecular weight is 306 g/mol. The van der Waals surface area contributed by atoms with Gasteiger partial charge < -0.3 is 10.5 Å². The molecule has 3 heteroatoms. The Kier molecular flexibility index (Phi) is 4.39. The van der Waals surface area contributed by atoms with Crippen molar-refractivity contribution >= 4 is 15.9 Å². The normalized spacial score (nSPS) is 12.2. The van der Waals surface area contributed by atoms with Gasteiger partial charge in [0.15, 0.2) is 0 Å². The highest BCUT2D eigenvalue weighted by atomic mass is 79.9. The van der Waals surface area contributed by atoms with E-state index in [0.717, 1.165) is 22.2 Å². The van der Waals surface area contributed by atoms with E-state index >= 15 is 0 Å². The van der Waals surface area contributed by atoms with E-state index in [-0.39, 0.29) is 6.04 Å². The van der Waals surface area contributed by atoms with Gasteiger partial charge in [0, 0.05) is 10.5 Å². The lowest BCUT2D eigenvalue weighted by Gasteiger charge is -2.12. The first-order valence-corrected chi connectivity index (χ1v) is 6.62. The Morgan fingerprint density at radius 1 is 1.06 bits per heavy atom. The molecule has 2 aromatic rings. The zero-order valence-corrected chi connectivity index (χ0v) is 11.9. The summed E-state index contributed by atoms with van der Waals surface area (Å²) in [5.41, 5.74) is 8.57. The van der Waals surface area contributed by atoms with E-state index in [0.29, 0.717) is 0 Å². The predicted molar refractivity (Wildman–Crippen MR) is 77.8 cm³/mol. The molecular weight excluding hydrogens is 290 g/mol. The first-order chi connectivity index (χ1) is 8.69. The molecule has 0 radical (unpaired) electrons. The van der Waals surface area contributed by atoms with Crippen LogP contribution in [0.3, 0.4) is 0 Å². The number of hydrogen-bond acceptors (Lipinski definition) is 2. The van der Waals surface area contributed by atoms with Crippen LogP contribution in [0.2, 0.25) is 0 Å². The molecule has 1 atom stereocenters. The summed E-state index contributed by atoms with van der Waals surface area (Å²) in [6.45, 7) is 0. The molecule has 0 unspecified atom stereocenters. The number of ether oxygens (including phenoxy) is 1. The Hall–Kier alpha value is -1.32. The fourth-order valence-corrected chi connectivity index (χ4v) is 2.11. The number of hydrogen-bond donors (Lipinski definition) is 1. The van der Waals surface area contributed by atoms with Gasteiger partial charge in [0.25, 0.3) is 0 Å². The van der Waals surface area contributed by atoms with Crippen molar-refractivity contribution < 1.29 is 4.74 Å². The van der Waals surface area contributed by atoms with Crippen molar-refractivity contribution in [3.63, 3.8) is 0 Å². The van der Waals surface area contributed by atoms with Crippen LogP contribution in [0.4, 0.5) is 0 Å². The molecule has 18 heavy (non-hydrogen) atoms. The van der Waals surface area contributed by atoms with E-state index in [9.17, 15) is 0 Å². The second kappa shape index (κ2) is 6.03. The molecule has 0 saturated carbocycles. The molecule has 0 aliphatic carbocycles. The van der Waals surface area contributed by atoms with E-state index in [1.54, 1.807) is 7.11 Å². The third-order valence-corrected chi connectivity index (χ3v) is 3.44. The number of nitrogens with two attached hydrogens (primary N) is 1. The molecule has 0 spiro atoms. The second-order valence-corrected chi connectivity index (χ2v) is 5.13. The van der Waals surface area contributed by atoms with Crippen LogP contribution in [0.25, 0.3) is 0 Å². The Bertz CT molecular complexity index is 493. The van der Waals surface area contributed by atoms with Crippen molar-refractivity contribution in [2.45, 2.75) is 12.5 Å². The van der Waals surface area contributed by atoms with Crippen LogP contribution in [0.5, 0.6) is 5.75 Å². The molecule has 0 aliphatic heterocycles. The highest BCUT2D eigenvalue weighted by Gasteiger charge is 2.07. The highest BCUT2D eigenvalue weighted by Crippen LogP contribution is 2.20. The first-order valence-electron chi connectivity index (χ1n) is 5.83. The van der Waals surface area contributed by atoms with E-state index < -0.39 is 0 Å². The molecule has 0 fully saturated rings. The summed E-state index contributed by atoms with van der Waals surface area (Å²) in [5.74, 6) is 0.856. The van der Waals surface area contributed by atoms with E-state index in [2.05, 4.69) is 28.1 Å². The minimum Gasteiger partial charge on any atom is -0.497 e. The van der Waals surface area contributed by atoms with Crippen molar-refractivity contribution in [2.75, 3.05) is 7.11 Å². The van der Waals surface area contributed by atoms with Gasteiger partial charge in [0.2, 0.25) is 0 Å². The molecular formula is C15H16BrNO. The van der Waals surface area contributed by atoms with Crippen molar-refractivity contribution in [1.82, 2.24) is 0 Å². The lowest BCUT2D eigenvalue weighted by atomic mass is 10.00. The van der Waals surface area contributed by atoms with Crippen LogP contribution in [-0.2, 0) is 6.42 Å². The number of halogens is 1. The Balaban J connectivity index is 2.06. The average Bonchev–Trinajstić information content (AvgIpc) is 2.41. The van der Waals surface area contributed by atoms with Gasteiger partial charge in [0.05, 0.1) is 7.11 Å². The fourth-order valence-electron chi connectivity index (χ4n) is 1.84. The highest BCUT2D eigenvalue weighted by molar-refractivity contribution is 9.10. The molecule has 94 valence electrons. The lowest BCUT2D eigenvalue weighted by Crippen LogP contribution is -2.13. The zero-order valence-electron chi connectivity index (χ0n) is 10.3. The van der Waals surface area contributed by atoms with Gasteiger partial charge in [-0.25, -0.2) is 0 Å². The van der Waals surface area contributed by atoms with Crippen LogP contribution in [0, 0.1) is 0 Å². The third-order valence-electron chi connectivity index (χ3n) is 2.91. The van der Waals surface area contributed by atoms with E-state index in [1.165, 1.54) is 5.56 Å². The van der Waals surface area contributed by atoms with Gasteiger partial charge in [-0.1, -0.05) is 40.2 Å². The van der Waals surface area contributed by atoms with Gasteiger partial charge in [-0.3, -0.25) is 0 Å². The summed E-state index contributed by atoms with van der Waals surface area (Å²) in [7, 11) is 1.66. The molecule has 0 aromatic heterocycles. The molecule has 0 saturated heterocycles. The molecule has 2 aromatic carbocycles. The van der Waals surface area contributed by atoms with E-state index in [4.69, 9.17) is 10.5 Å². The monoisotopic (exact) mass is 305 g/mol. The van der Waals surface area contributed by atoms with Crippen LogP contribution in [-0.4, -0.2) is 7.11 Å². The van der Waals surface area contributed by atoms with Crippen LogP contribution in [0.1, 0.15) is 17.2 Å². The number of methoxy groups -OCH3 is 1. The molecule has 0 bridgehead atoms. The first kappa shape index (κ1) is 13.1. The van der Waals surface area contributed by atoms with Gasteiger partial charge in [0.1, 0.15) is 5.75 Å². The van der Waals surface area contributed by atoms with Gasteiger partial charge >= 0.3 is 0 Å². The van der Waals surface area contributed by atoms with Crippen LogP contribution >= 0.6 is 15.9 Å². The quantitative estimate of drug-likeness (QED) is 0.935. The maximum Gasteiger partial charge on any atom is 0.118 e. The Morgan fingerprint density at radius 3 is 2.22 bits per heavy atom. The SMILES string of the molecule is COc1ccc([C@H](N)Cc2ccc(Br)cc2)cc1. The van der Waals surface area contributed by atoms with E-state index in [1.807, 2.05) is 36.4 Å². The predicted octanol–water partition coefficient (Wildman–Crippen LogP) is 3.70. The molecule has 2 rings (SSSR count). The minimum atomic E-state index is 0.0112. The summed E-state index contributed by atoms with van der Waals surface area (Å²) < 4.78 is 6.22. The summed E-state index contributed by atoms with van der Waals surface area (Å²) >= 11 is 3.43. The maximum absolute atomic E-state index is 6.20. The van der Waals surface area contributed by atoms with Crippen molar-refractivity contribution in [3.05, 3.63) is 64.1 Å². The van der Waals surface area contributed by atoms with Gasteiger partial charge in [-0.2, -0.15) is 0 Å². The summed E-state index contributed by atoms with van der Waals surface area (Å²) in [6.07, 6.45) is 0.833. The molecule has 0 aliphatic rings. The van der Waals surface area contributed by atoms with Gasteiger partial charge in [-0.15, -0.1) is 0 Å². The largest absolute Gasteiger partial charge is 0.497 e. The number of benzene rings is 2. The summed E-state index contributed by atoms with van der Waals surface area (Å²) in [4.78, 5) is 0. The smallest absolute Gasteiger partial charge is 0.118 e. The summed E-state index contributed by atoms with van der Waals surface area (Å²) in [5, 5.41) is 0. The molecule has 0 amide bonds. The van der Waals surface area contributed by atoms with Crippen LogP contribution < -0.4 is 10.5 Å². The molecule has 0 heterocycles. The lowest BCUT2D eigenvalue weighted by molar-refractivity contribution is 0.414. The van der Waals surface area contributed by atoms with Gasteiger partial charge in [-0.05, 0) is 41.8 Å². The molecule has 2 nitrogen and oxygen atoms in total. The van der Waals surface area contributed by atoms with Crippen molar-refractivity contribution in [1.29, 1.82) is 0 Å².